The second kappa shape index (κ2) is 4.90. The molecule has 1 N–H and O–H groups in total. The monoisotopic (exact) mass is 283 g/mol. The zero-order chi connectivity index (χ0) is 14.8. The number of rotatable bonds is 4. The summed E-state index contributed by atoms with van der Waals surface area (Å²) in [5, 5.41) is 18.0. The second-order valence-electron chi connectivity index (χ2n) is 4.58. The topological polar surface area (TPSA) is 104 Å². The maximum atomic E-state index is 11.1. The minimum atomic E-state index is -3.76. The average molecular weight is 283 g/mol. The van der Waals surface area contributed by atoms with Gasteiger partial charge in [-0.15, -0.1) is 0 Å². The van der Waals surface area contributed by atoms with Gasteiger partial charge in [-0.3, -0.25) is 0 Å². The molecule has 19 heavy (non-hydrogen) atoms. The van der Waals surface area contributed by atoms with Gasteiger partial charge < -0.3 is 9.29 Å². The highest BCUT2D eigenvalue weighted by Crippen LogP contribution is 2.28. The minimum absolute atomic E-state index is 0.124. The molecular weight excluding hydrogens is 270 g/mol. The Morgan fingerprint density at radius 1 is 1.37 bits per heavy atom. The van der Waals surface area contributed by atoms with Crippen LogP contribution in [0.4, 0.5) is 0 Å². The van der Waals surface area contributed by atoms with Crippen LogP contribution in [0.5, 0.6) is 5.75 Å². The minimum Gasteiger partial charge on any atom is -0.478 e. The first-order valence-corrected chi connectivity index (χ1v) is 7.06. The maximum absolute atomic E-state index is 11.1. The van der Waals surface area contributed by atoms with Crippen LogP contribution in [0.15, 0.2) is 18.2 Å². The lowest BCUT2D eigenvalue weighted by Crippen LogP contribution is -2.16. The summed E-state index contributed by atoms with van der Waals surface area (Å²) < 4.78 is 26.8. The molecule has 0 amide bonds. The van der Waals surface area contributed by atoms with Crippen LogP contribution in [0.3, 0.4) is 0 Å². The van der Waals surface area contributed by atoms with Gasteiger partial charge in [-0.25, -0.2) is 4.79 Å². The van der Waals surface area contributed by atoms with E-state index in [0.29, 0.717) is 5.56 Å². The van der Waals surface area contributed by atoms with Crippen LogP contribution >= 0.6 is 0 Å². The highest BCUT2D eigenvalue weighted by Gasteiger charge is 2.23. The SMILES string of the molecule is CC(C)(C#N)c1cc(OS(C)(=O)=O)cc(C(=O)O)c1. The summed E-state index contributed by atoms with van der Waals surface area (Å²) in [6.45, 7) is 3.19. The van der Waals surface area contributed by atoms with Crippen LogP contribution in [-0.4, -0.2) is 25.7 Å². The molecule has 6 nitrogen and oxygen atoms in total. The van der Waals surface area contributed by atoms with Gasteiger partial charge in [-0.05, 0) is 37.6 Å². The quantitative estimate of drug-likeness (QED) is 0.840. The Bertz CT molecular complexity index is 655. The van der Waals surface area contributed by atoms with Crippen molar-refractivity contribution in [2.24, 2.45) is 0 Å². The summed E-state index contributed by atoms with van der Waals surface area (Å²) in [5.74, 6) is -1.35. The molecule has 0 saturated carbocycles. The van der Waals surface area contributed by atoms with Crippen LogP contribution < -0.4 is 4.18 Å². The molecule has 0 atom stereocenters. The van der Waals surface area contributed by atoms with Gasteiger partial charge in [0.25, 0.3) is 0 Å². The maximum Gasteiger partial charge on any atom is 0.335 e. The third-order valence-electron chi connectivity index (χ3n) is 2.40. The number of nitriles is 1. The molecule has 1 aromatic rings. The van der Waals surface area contributed by atoms with E-state index in [1.165, 1.54) is 12.1 Å². The fraction of sp³-hybridized carbons (Fsp3) is 0.333. The molecule has 0 aromatic heterocycles. The molecule has 0 aliphatic heterocycles. The van der Waals surface area contributed by atoms with E-state index >= 15 is 0 Å². The first-order valence-electron chi connectivity index (χ1n) is 5.25. The molecule has 1 aromatic carbocycles. The Kier molecular flexibility index (Phi) is 3.86. The van der Waals surface area contributed by atoms with Crippen molar-refractivity contribution in [1.29, 1.82) is 5.26 Å². The van der Waals surface area contributed by atoms with E-state index in [4.69, 9.17) is 10.4 Å². The second-order valence-corrected chi connectivity index (χ2v) is 6.15. The van der Waals surface area contributed by atoms with Crippen molar-refractivity contribution in [3.63, 3.8) is 0 Å². The Morgan fingerprint density at radius 3 is 2.37 bits per heavy atom. The molecule has 0 saturated heterocycles. The van der Waals surface area contributed by atoms with Crippen molar-refractivity contribution in [1.82, 2.24) is 0 Å². The predicted molar refractivity (Wildman–Crippen MR) is 67.5 cm³/mol. The summed E-state index contributed by atoms with van der Waals surface area (Å²) in [4.78, 5) is 11.0. The Balaban J connectivity index is 3.43. The zero-order valence-electron chi connectivity index (χ0n) is 10.7. The number of carboxylic acids is 1. The van der Waals surface area contributed by atoms with E-state index in [1.807, 2.05) is 6.07 Å². The van der Waals surface area contributed by atoms with Crippen LogP contribution in [0.2, 0.25) is 0 Å². The summed E-state index contributed by atoms with van der Waals surface area (Å²) in [5.41, 5.74) is -0.728. The van der Waals surface area contributed by atoms with Crippen LogP contribution in [0, 0.1) is 11.3 Å². The smallest absolute Gasteiger partial charge is 0.335 e. The van der Waals surface area contributed by atoms with E-state index in [1.54, 1.807) is 13.8 Å². The molecule has 0 radical (unpaired) electrons. The van der Waals surface area contributed by atoms with E-state index in [0.717, 1.165) is 12.3 Å². The van der Waals surface area contributed by atoms with Crippen molar-refractivity contribution in [2.75, 3.05) is 6.26 Å². The molecule has 0 aliphatic rings. The third-order valence-corrected chi connectivity index (χ3v) is 2.90. The third kappa shape index (κ3) is 3.96. The van der Waals surface area contributed by atoms with E-state index in [-0.39, 0.29) is 11.3 Å². The number of nitrogens with zero attached hydrogens (tertiary/aromatic N) is 1. The first kappa shape index (κ1) is 15.0. The van der Waals surface area contributed by atoms with Gasteiger partial charge in [0, 0.05) is 0 Å². The average Bonchev–Trinajstić information content (AvgIpc) is 2.26. The standard InChI is InChI=1S/C12H13NO5S/c1-12(2,7-13)9-4-8(11(14)15)5-10(6-9)18-19(3,16)17/h4-6H,1-3H3,(H,14,15). The number of carbonyl (C=O) groups is 1. The molecule has 102 valence electrons. The molecule has 0 unspecified atom stereocenters. The fourth-order valence-corrected chi connectivity index (χ4v) is 1.82. The summed E-state index contributed by atoms with van der Waals surface area (Å²) in [7, 11) is -3.76. The van der Waals surface area contributed by atoms with Crippen molar-refractivity contribution >= 4 is 16.1 Å². The molecule has 0 heterocycles. The summed E-state index contributed by atoms with van der Waals surface area (Å²) in [6, 6.07) is 5.78. The number of hydrogen-bond donors (Lipinski definition) is 1. The lowest BCUT2D eigenvalue weighted by Gasteiger charge is -2.17. The van der Waals surface area contributed by atoms with E-state index < -0.39 is 21.5 Å². The summed E-state index contributed by atoms with van der Waals surface area (Å²) in [6.07, 6.45) is 0.857. The molecule has 7 heteroatoms. The van der Waals surface area contributed by atoms with E-state index in [9.17, 15) is 13.2 Å². The van der Waals surface area contributed by atoms with Gasteiger partial charge in [0.15, 0.2) is 0 Å². The van der Waals surface area contributed by atoms with Gasteiger partial charge in [0.1, 0.15) is 5.75 Å². The normalized spacial score (nSPS) is 11.7. The largest absolute Gasteiger partial charge is 0.478 e. The molecule has 0 spiro atoms. The predicted octanol–water partition coefficient (Wildman–Crippen LogP) is 1.52. The Morgan fingerprint density at radius 2 is 1.95 bits per heavy atom. The lowest BCUT2D eigenvalue weighted by atomic mass is 9.85. The van der Waals surface area contributed by atoms with Gasteiger partial charge >= 0.3 is 16.1 Å². The zero-order valence-corrected chi connectivity index (χ0v) is 11.5. The van der Waals surface area contributed by atoms with Crippen molar-refractivity contribution in [3.8, 4) is 11.8 Å². The highest BCUT2D eigenvalue weighted by atomic mass is 32.2. The van der Waals surface area contributed by atoms with Gasteiger partial charge in [0.05, 0.1) is 23.3 Å². The van der Waals surface area contributed by atoms with Gasteiger partial charge in [-0.2, -0.15) is 13.7 Å². The summed E-state index contributed by atoms with van der Waals surface area (Å²) >= 11 is 0. The number of carboxylic acid groups (broad SMARTS) is 1. The van der Waals surface area contributed by atoms with Crippen LogP contribution in [0.1, 0.15) is 29.8 Å². The molecule has 0 aliphatic carbocycles. The molecule has 0 fully saturated rings. The number of hydrogen-bond acceptors (Lipinski definition) is 5. The van der Waals surface area contributed by atoms with E-state index in [2.05, 4.69) is 4.18 Å². The molecule has 0 bridgehead atoms. The Hall–Kier alpha value is -2.07. The van der Waals surface area contributed by atoms with Crippen LogP contribution in [-0.2, 0) is 15.5 Å². The molecule has 1 rings (SSSR count). The van der Waals surface area contributed by atoms with Crippen molar-refractivity contribution in [2.45, 2.75) is 19.3 Å². The van der Waals surface area contributed by atoms with Gasteiger partial charge in [-0.1, -0.05) is 0 Å². The van der Waals surface area contributed by atoms with Crippen LogP contribution in [0.25, 0.3) is 0 Å². The van der Waals surface area contributed by atoms with Crippen molar-refractivity contribution < 1.29 is 22.5 Å². The number of aromatic carboxylic acids is 1. The van der Waals surface area contributed by atoms with Crippen molar-refractivity contribution in [3.05, 3.63) is 29.3 Å². The Labute approximate surface area is 111 Å². The first-order chi connectivity index (χ1) is 8.55. The lowest BCUT2D eigenvalue weighted by molar-refractivity contribution is 0.0696. The fourth-order valence-electron chi connectivity index (χ4n) is 1.37. The van der Waals surface area contributed by atoms with Gasteiger partial charge in [0.2, 0.25) is 0 Å². The molecular formula is C12H13NO5S. The number of benzene rings is 1. The highest BCUT2D eigenvalue weighted by molar-refractivity contribution is 7.86.